The van der Waals surface area contributed by atoms with Crippen molar-refractivity contribution in [1.82, 2.24) is 14.5 Å². The molecule has 0 saturated heterocycles. The number of aromatic nitrogens is 2. The van der Waals surface area contributed by atoms with E-state index in [0.717, 1.165) is 24.6 Å². The van der Waals surface area contributed by atoms with Crippen LogP contribution in [0.25, 0.3) is 0 Å². The number of likely N-dealkylation sites (N-methyl/N-ethyl adjacent to an activating group) is 1. The summed E-state index contributed by atoms with van der Waals surface area (Å²) >= 11 is 0. The van der Waals surface area contributed by atoms with E-state index in [4.69, 9.17) is 0 Å². The van der Waals surface area contributed by atoms with Crippen molar-refractivity contribution in [2.75, 3.05) is 20.6 Å². The maximum Gasteiger partial charge on any atom is 0.106 e. The standard InChI is InChI=1S/C10H19N3/c1-8-9(2)13(10(3)11-8)7-6-12(4)5/h6-7H2,1-5H3. The highest BCUT2D eigenvalue weighted by molar-refractivity contribution is 5.13. The quantitative estimate of drug-likeness (QED) is 0.702. The first-order valence-electron chi connectivity index (χ1n) is 4.67. The Labute approximate surface area is 80.4 Å². The summed E-state index contributed by atoms with van der Waals surface area (Å²) in [7, 11) is 4.18. The van der Waals surface area contributed by atoms with Crippen LogP contribution in [0.3, 0.4) is 0 Å². The lowest BCUT2D eigenvalue weighted by Crippen LogP contribution is -2.19. The van der Waals surface area contributed by atoms with Gasteiger partial charge in [0.15, 0.2) is 0 Å². The molecule has 1 aromatic heterocycles. The van der Waals surface area contributed by atoms with Crippen LogP contribution in [0, 0.1) is 20.8 Å². The second-order valence-electron chi connectivity index (χ2n) is 3.78. The van der Waals surface area contributed by atoms with Crippen LogP contribution in [0.5, 0.6) is 0 Å². The van der Waals surface area contributed by atoms with Crippen LogP contribution < -0.4 is 0 Å². The molecule has 0 bridgehead atoms. The van der Waals surface area contributed by atoms with E-state index in [1.54, 1.807) is 0 Å². The van der Waals surface area contributed by atoms with Gasteiger partial charge in [-0.15, -0.1) is 0 Å². The summed E-state index contributed by atoms with van der Waals surface area (Å²) in [6, 6.07) is 0. The second-order valence-corrected chi connectivity index (χ2v) is 3.78. The lowest BCUT2D eigenvalue weighted by Gasteiger charge is -2.12. The van der Waals surface area contributed by atoms with Crippen molar-refractivity contribution < 1.29 is 0 Å². The van der Waals surface area contributed by atoms with Crippen LogP contribution in [0.4, 0.5) is 0 Å². The molecule has 1 rings (SSSR count). The smallest absolute Gasteiger partial charge is 0.106 e. The van der Waals surface area contributed by atoms with E-state index in [-0.39, 0.29) is 0 Å². The van der Waals surface area contributed by atoms with Gasteiger partial charge in [-0.25, -0.2) is 4.98 Å². The fourth-order valence-electron chi connectivity index (χ4n) is 1.45. The lowest BCUT2D eigenvalue weighted by atomic mass is 10.4. The molecule has 0 fully saturated rings. The molecule has 0 atom stereocenters. The van der Waals surface area contributed by atoms with Crippen LogP contribution >= 0.6 is 0 Å². The Balaban J connectivity index is 2.76. The molecule has 0 spiro atoms. The zero-order valence-corrected chi connectivity index (χ0v) is 9.26. The minimum atomic E-state index is 1.03. The van der Waals surface area contributed by atoms with E-state index < -0.39 is 0 Å². The number of hydrogen-bond donors (Lipinski definition) is 0. The van der Waals surface area contributed by atoms with Gasteiger partial charge >= 0.3 is 0 Å². The van der Waals surface area contributed by atoms with Crippen molar-refractivity contribution in [3.63, 3.8) is 0 Å². The lowest BCUT2D eigenvalue weighted by molar-refractivity contribution is 0.380. The van der Waals surface area contributed by atoms with Gasteiger partial charge in [-0.3, -0.25) is 0 Å². The molecule has 0 aliphatic heterocycles. The van der Waals surface area contributed by atoms with Crippen LogP contribution in [0.15, 0.2) is 0 Å². The largest absolute Gasteiger partial charge is 0.331 e. The van der Waals surface area contributed by atoms with E-state index in [0.29, 0.717) is 0 Å². The Hall–Kier alpha value is -0.830. The minimum Gasteiger partial charge on any atom is -0.331 e. The van der Waals surface area contributed by atoms with E-state index >= 15 is 0 Å². The Morgan fingerprint density at radius 2 is 1.85 bits per heavy atom. The third kappa shape index (κ3) is 2.31. The Kier molecular flexibility index (Phi) is 3.09. The average molecular weight is 181 g/mol. The van der Waals surface area contributed by atoms with Crippen LogP contribution in [-0.2, 0) is 6.54 Å². The van der Waals surface area contributed by atoms with Crippen molar-refractivity contribution in [1.29, 1.82) is 0 Å². The van der Waals surface area contributed by atoms with Gasteiger partial charge in [0, 0.05) is 18.8 Å². The molecule has 13 heavy (non-hydrogen) atoms. The van der Waals surface area contributed by atoms with Gasteiger partial charge in [0.2, 0.25) is 0 Å². The summed E-state index contributed by atoms with van der Waals surface area (Å²) < 4.78 is 2.27. The molecule has 0 radical (unpaired) electrons. The van der Waals surface area contributed by atoms with E-state index in [9.17, 15) is 0 Å². The van der Waals surface area contributed by atoms with Gasteiger partial charge in [0.1, 0.15) is 5.82 Å². The van der Waals surface area contributed by atoms with Crippen molar-refractivity contribution in [3.05, 3.63) is 17.2 Å². The van der Waals surface area contributed by atoms with Gasteiger partial charge in [0.05, 0.1) is 5.69 Å². The zero-order chi connectivity index (χ0) is 10.0. The number of hydrogen-bond acceptors (Lipinski definition) is 2. The summed E-state index contributed by atoms with van der Waals surface area (Å²) in [5.74, 6) is 1.12. The van der Waals surface area contributed by atoms with Crippen molar-refractivity contribution in [3.8, 4) is 0 Å². The molecule has 0 amide bonds. The highest BCUT2D eigenvalue weighted by Gasteiger charge is 2.06. The fourth-order valence-corrected chi connectivity index (χ4v) is 1.45. The third-order valence-corrected chi connectivity index (χ3v) is 2.42. The minimum absolute atomic E-state index is 1.03. The highest BCUT2D eigenvalue weighted by Crippen LogP contribution is 2.08. The van der Waals surface area contributed by atoms with E-state index in [1.807, 2.05) is 0 Å². The van der Waals surface area contributed by atoms with Crippen molar-refractivity contribution in [2.45, 2.75) is 27.3 Å². The predicted molar refractivity (Wildman–Crippen MR) is 55.0 cm³/mol. The maximum atomic E-state index is 4.43. The Morgan fingerprint density at radius 3 is 2.23 bits per heavy atom. The summed E-state index contributed by atoms with van der Waals surface area (Å²) in [5, 5.41) is 0. The zero-order valence-electron chi connectivity index (χ0n) is 9.26. The SMILES string of the molecule is Cc1nc(C)n(CCN(C)C)c1C. The summed E-state index contributed by atoms with van der Waals surface area (Å²) in [6.07, 6.45) is 0. The molecule has 0 unspecified atom stereocenters. The highest BCUT2D eigenvalue weighted by atomic mass is 15.1. The molecule has 0 aliphatic rings. The number of imidazole rings is 1. The van der Waals surface area contributed by atoms with Crippen LogP contribution in [0.1, 0.15) is 17.2 Å². The first-order chi connectivity index (χ1) is 6.02. The molecule has 0 aliphatic carbocycles. The van der Waals surface area contributed by atoms with Crippen molar-refractivity contribution >= 4 is 0 Å². The number of nitrogens with zero attached hydrogens (tertiary/aromatic N) is 3. The molecule has 74 valence electrons. The first kappa shape index (κ1) is 10.3. The number of aryl methyl sites for hydroxylation is 2. The average Bonchev–Trinajstić information content (AvgIpc) is 2.24. The van der Waals surface area contributed by atoms with E-state index in [1.165, 1.54) is 5.69 Å². The van der Waals surface area contributed by atoms with Gasteiger partial charge in [-0.2, -0.15) is 0 Å². The summed E-state index contributed by atoms with van der Waals surface area (Å²) in [5.41, 5.74) is 2.44. The monoisotopic (exact) mass is 181 g/mol. The fraction of sp³-hybridized carbons (Fsp3) is 0.700. The Morgan fingerprint density at radius 1 is 1.23 bits per heavy atom. The predicted octanol–water partition coefficient (Wildman–Crippen LogP) is 1.37. The normalized spacial score (nSPS) is 11.2. The second kappa shape index (κ2) is 3.92. The molecule has 0 saturated carbocycles. The molecule has 3 heteroatoms. The Bertz CT molecular complexity index is 287. The maximum absolute atomic E-state index is 4.43. The molecule has 0 aromatic carbocycles. The molecule has 1 aromatic rings. The van der Waals surface area contributed by atoms with Gasteiger partial charge < -0.3 is 9.47 Å². The molecule has 3 nitrogen and oxygen atoms in total. The first-order valence-corrected chi connectivity index (χ1v) is 4.67. The molecular weight excluding hydrogens is 162 g/mol. The topological polar surface area (TPSA) is 21.1 Å². The van der Waals surface area contributed by atoms with Crippen molar-refractivity contribution in [2.24, 2.45) is 0 Å². The van der Waals surface area contributed by atoms with E-state index in [2.05, 4.69) is 49.3 Å². The van der Waals surface area contributed by atoms with Gasteiger partial charge in [-0.05, 0) is 34.9 Å². The third-order valence-electron chi connectivity index (χ3n) is 2.42. The van der Waals surface area contributed by atoms with Gasteiger partial charge in [0.25, 0.3) is 0 Å². The molecular formula is C10H19N3. The van der Waals surface area contributed by atoms with Crippen LogP contribution in [0.2, 0.25) is 0 Å². The number of rotatable bonds is 3. The summed E-state index contributed by atoms with van der Waals surface area (Å²) in [4.78, 5) is 6.62. The molecule has 0 N–H and O–H groups in total. The van der Waals surface area contributed by atoms with Crippen LogP contribution in [-0.4, -0.2) is 35.1 Å². The van der Waals surface area contributed by atoms with Gasteiger partial charge in [-0.1, -0.05) is 0 Å². The summed E-state index contributed by atoms with van der Waals surface area (Å²) in [6.45, 7) is 8.36. The molecule has 1 heterocycles.